The Hall–Kier alpha value is -1.06. The van der Waals surface area contributed by atoms with Crippen molar-refractivity contribution in [2.75, 3.05) is 6.54 Å². The average molecular weight is 294 g/mol. The number of nitrogens with one attached hydrogen (secondary N) is 1. The summed E-state index contributed by atoms with van der Waals surface area (Å²) in [4.78, 5) is 27.5. The van der Waals surface area contributed by atoms with Gasteiger partial charge in [0, 0.05) is 6.54 Å². The lowest BCUT2D eigenvalue weighted by atomic mass is 9.87. The molecule has 0 bridgehead atoms. The number of rotatable bonds is 6. The van der Waals surface area contributed by atoms with Gasteiger partial charge in [0.15, 0.2) is 0 Å². The standard InChI is InChI=1S/C17H30N2O2/c1-4-5-8-11-19-15(20)14(12-13(2)3)18-16(21)17(19)9-6-7-10-17/h13-14H,4-12H2,1-3H3,(H,18,21). The van der Waals surface area contributed by atoms with E-state index >= 15 is 0 Å². The Kier molecular flexibility index (Phi) is 5.28. The molecule has 0 radical (unpaired) electrons. The molecule has 1 saturated carbocycles. The van der Waals surface area contributed by atoms with Gasteiger partial charge in [0.2, 0.25) is 11.8 Å². The number of carbonyl (C=O) groups is 2. The van der Waals surface area contributed by atoms with Gasteiger partial charge in [0.25, 0.3) is 0 Å². The largest absolute Gasteiger partial charge is 0.342 e. The van der Waals surface area contributed by atoms with E-state index in [1.807, 2.05) is 4.90 Å². The predicted octanol–water partition coefficient (Wildman–Crippen LogP) is 2.86. The van der Waals surface area contributed by atoms with Crippen LogP contribution in [0.2, 0.25) is 0 Å². The first-order valence-corrected chi connectivity index (χ1v) is 8.63. The summed E-state index contributed by atoms with van der Waals surface area (Å²) < 4.78 is 0. The molecule has 2 rings (SSSR count). The number of hydrogen-bond donors (Lipinski definition) is 1. The summed E-state index contributed by atoms with van der Waals surface area (Å²) >= 11 is 0. The number of amides is 2. The van der Waals surface area contributed by atoms with Crippen molar-refractivity contribution < 1.29 is 9.59 Å². The molecule has 0 aromatic carbocycles. The van der Waals surface area contributed by atoms with E-state index in [4.69, 9.17) is 0 Å². The molecule has 1 atom stereocenters. The Morgan fingerprint density at radius 1 is 1.24 bits per heavy atom. The maximum atomic E-state index is 12.9. The van der Waals surface area contributed by atoms with Gasteiger partial charge < -0.3 is 10.2 Å². The summed E-state index contributed by atoms with van der Waals surface area (Å²) in [5, 5.41) is 3.02. The zero-order chi connectivity index (χ0) is 15.5. The van der Waals surface area contributed by atoms with Crippen LogP contribution in [0.4, 0.5) is 0 Å². The normalized spacial score (nSPS) is 25.0. The molecule has 0 aromatic heterocycles. The number of carbonyl (C=O) groups excluding carboxylic acids is 2. The molecule has 4 nitrogen and oxygen atoms in total. The van der Waals surface area contributed by atoms with E-state index in [0.717, 1.165) is 57.9 Å². The second-order valence-corrected chi connectivity index (χ2v) is 7.09. The van der Waals surface area contributed by atoms with Crippen molar-refractivity contribution in [2.45, 2.75) is 83.7 Å². The third-order valence-corrected chi connectivity index (χ3v) is 4.93. The molecule has 2 fully saturated rings. The smallest absolute Gasteiger partial charge is 0.246 e. The Labute approximate surface area is 128 Å². The third kappa shape index (κ3) is 3.24. The van der Waals surface area contributed by atoms with Gasteiger partial charge in [-0.2, -0.15) is 0 Å². The van der Waals surface area contributed by atoms with Crippen molar-refractivity contribution >= 4 is 11.8 Å². The third-order valence-electron chi connectivity index (χ3n) is 4.93. The molecule has 1 spiro atoms. The van der Waals surface area contributed by atoms with Crippen LogP contribution in [0.3, 0.4) is 0 Å². The summed E-state index contributed by atoms with van der Waals surface area (Å²) in [6.07, 6.45) is 7.79. The first-order valence-electron chi connectivity index (χ1n) is 8.63. The molecular weight excluding hydrogens is 264 g/mol. The van der Waals surface area contributed by atoms with Gasteiger partial charge in [-0.05, 0) is 31.6 Å². The van der Waals surface area contributed by atoms with Crippen LogP contribution in [0.1, 0.15) is 72.1 Å². The van der Waals surface area contributed by atoms with Crippen LogP contribution in [-0.4, -0.2) is 34.8 Å². The fourth-order valence-electron chi connectivity index (χ4n) is 3.81. The van der Waals surface area contributed by atoms with Crippen LogP contribution in [0.25, 0.3) is 0 Å². The van der Waals surface area contributed by atoms with Gasteiger partial charge >= 0.3 is 0 Å². The highest BCUT2D eigenvalue weighted by molar-refractivity contribution is 6.00. The lowest BCUT2D eigenvalue weighted by Gasteiger charge is -2.46. The molecule has 2 amide bonds. The second-order valence-electron chi connectivity index (χ2n) is 7.09. The van der Waals surface area contributed by atoms with Gasteiger partial charge in [0.05, 0.1) is 0 Å². The van der Waals surface area contributed by atoms with Crippen LogP contribution in [0, 0.1) is 5.92 Å². The van der Waals surface area contributed by atoms with Crippen molar-refractivity contribution in [3.05, 3.63) is 0 Å². The Bertz CT molecular complexity index is 386. The van der Waals surface area contributed by atoms with Crippen molar-refractivity contribution in [1.29, 1.82) is 0 Å². The molecular formula is C17H30N2O2. The Morgan fingerprint density at radius 3 is 2.48 bits per heavy atom. The fraction of sp³-hybridized carbons (Fsp3) is 0.882. The van der Waals surface area contributed by atoms with Gasteiger partial charge in [-0.3, -0.25) is 9.59 Å². The number of unbranched alkanes of at least 4 members (excludes halogenated alkanes) is 2. The summed E-state index contributed by atoms with van der Waals surface area (Å²) in [6.45, 7) is 7.11. The van der Waals surface area contributed by atoms with E-state index in [9.17, 15) is 9.59 Å². The van der Waals surface area contributed by atoms with Gasteiger partial charge in [-0.1, -0.05) is 46.5 Å². The predicted molar refractivity (Wildman–Crippen MR) is 83.8 cm³/mol. The molecule has 2 aliphatic rings. The van der Waals surface area contributed by atoms with E-state index < -0.39 is 5.54 Å². The first kappa shape index (κ1) is 16.3. The van der Waals surface area contributed by atoms with Crippen molar-refractivity contribution in [3.8, 4) is 0 Å². The second kappa shape index (κ2) is 6.80. The summed E-state index contributed by atoms with van der Waals surface area (Å²) in [6, 6.07) is -0.314. The molecule has 120 valence electrons. The fourth-order valence-corrected chi connectivity index (χ4v) is 3.81. The Morgan fingerprint density at radius 2 is 1.90 bits per heavy atom. The van der Waals surface area contributed by atoms with E-state index in [-0.39, 0.29) is 17.9 Å². The molecule has 1 unspecified atom stereocenters. The topological polar surface area (TPSA) is 49.4 Å². The van der Waals surface area contributed by atoms with Gasteiger partial charge in [-0.25, -0.2) is 0 Å². The van der Waals surface area contributed by atoms with Gasteiger partial charge in [-0.15, -0.1) is 0 Å². The monoisotopic (exact) mass is 294 g/mol. The van der Waals surface area contributed by atoms with Crippen molar-refractivity contribution in [3.63, 3.8) is 0 Å². The summed E-state index contributed by atoms with van der Waals surface area (Å²) in [5.74, 6) is 0.664. The van der Waals surface area contributed by atoms with Crippen molar-refractivity contribution in [2.24, 2.45) is 5.92 Å². The molecule has 1 aliphatic carbocycles. The van der Waals surface area contributed by atoms with Crippen molar-refractivity contribution in [1.82, 2.24) is 10.2 Å². The first-order chi connectivity index (χ1) is 10.0. The minimum Gasteiger partial charge on any atom is -0.342 e. The minimum atomic E-state index is -0.529. The summed E-state index contributed by atoms with van der Waals surface area (Å²) in [5.41, 5.74) is -0.529. The van der Waals surface area contributed by atoms with Crippen LogP contribution >= 0.6 is 0 Å². The zero-order valence-corrected chi connectivity index (χ0v) is 13.8. The highest BCUT2D eigenvalue weighted by Gasteiger charge is 2.53. The van der Waals surface area contributed by atoms with Crippen LogP contribution in [0.5, 0.6) is 0 Å². The van der Waals surface area contributed by atoms with Crippen LogP contribution < -0.4 is 5.32 Å². The van der Waals surface area contributed by atoms with Crippen LogP contribution in [-0.2, 0) is 9.59 Å². The van der Waals surface area contributed by atoms with Gasteiger partial charge in [0.1, 0.15) is 11.6 Å². The van der Waals surface area contributed by atoms with E-state index in [0.29, 0.717) is 5.92 Å². The highest BCUT2D eigenvalue weighted by atomic mass is 16.2. The van der Waals surface area contributed by atoms with E-state index in [2.05, 4.69) is 26.1 Å². The number of nitrogens with zero attached hydrogens (tertiary/aromatic N) is 1. The molecule has 1 saturated heterocycles. The zero-order valence-electron chi connectivity index (χ0n) is 13.8. The quantitative estimate of drug-likeness (QED) is 0.766. The number of piperazine rings is 1. The lowest BCUT2D eigenvalue weighted by molar-refractivity contribution is -0.157. The molecule has 1 heterocycles. The Balaban J connectivity index is 2.17. The molecule has 21 heavy (non-hydrogen) atoms. The molecule has 4 heteroatoms. The highest BCUT2D eigenvalue weighted by Crippen LogP contribution is 2.38. The maximum Gasteiger partial charge on any atom is 0.246 e. The maximum absolute atomic E-state index is 12.9. The molecule has 0 aromatic rings. The SMILES string of the molecule is CCCCCN1C(=O)C(CC(C)C)NC(=O)C12CCCC2. The van der Waals surface area contributed by atoms with Crippen LogP contribution in [0.15, 0.2) is 0 Å². The molecule has 1 aliphatic heterocycles. The minimum absolute atomic E-state index is 0.0988. The number of hydrogen-bond acceptors (Lipinski definition) is 2. The molecule has 1 N–H and O–H groups in total. The lowest BCUT2D eigenvalue weighted by Crippen LogP contribution is -2.69. The van der Waals surface area contributed by atoms with E-state index in [1.54, 1.807) is 0 Å². The average Bonchev–Trinajstić information content (AvgIpc) is 2.90. The summed E-state index contributed by atoms with van der Waals surface area (Å²) in [7, 11) is 0. The van der Waals surface area contributed by atoms with E-state index in [1.165, 1.54) is 0 Å².